The third-order valence-electron chi connectivity index (χ3n) is 9.23. The number of carboxylic acids is 1. The third-order valence-corrected chi connectivity index (χ3v) is 9.23. The smallest absolute Gasteiger partial charge is 0.303 e. The molecule has 0 spiro atoms. The van der Waals surface area contributed by atoms with Gasteiger partial charge in [0.15, 0.2) is 0 Å². The Labute approximate surface area is 159 Å². The first-order valence-electron chi connectivity index (χ1n) is 11.0. The van der Waals surface area contributed by atoms with E-state index in [-0.39, 0.29) is 0 Å². The number of rotatable bonds is 4. The average Bonchev–Trinajstić information content (AvgIpc) is 2.96. The van der Waals surface area contributed by atoms with Crippen LogP contribution in [0, 0.1) is 40.4 Å². The normalized spacial score (nSPS) is 45.3. The maximum atomic E-state index is 11.0. The van der Waals surface area contributed by atoms with Crippen molar-refractivity contribution in [2.24, 2.45) is 40.4 Å². The zero-order valence-corrected chi connectivity index (χ0v) is 16.8. The number of carboxylic acid groups (broad SMARTS) is 1. The van der Waals surface area contributed by atoms with Crippen molar-refractivity contribution < 1.29 is 9.90 Å². The second-order valence-electron chi connectivity index (χ2n) is 10.3. The molecule has 0 bridgehead atoms. The fraction of sp³-hybridized carbons (Fsp3) is 0.792. The summed E-state index contributed by atoms with van der Waals surface area (Å²) < 4.78 is 0. The van der Waals surface area contributed by atoms with Gasteiger partial charge in [0.25, 0.3) is 0 Å². The summed E-state index contributed by atoms with van der Waals surface area (Å²) in [6.07, 6.45) is 17.8. The highest BCUT2D eigenvalue weighted by Gasteiger charge is 2.58. The lowest BCUT2D eigenvalue weighted by Crippen LogP contribution is -2.49. The maximum absolute atomic E-state index is 11.0. The molecule has 0 aromatic heterocycles. The number of carbonyl (C=O) groups is 1. The molecule has 0 aromatic carbocycles. The molecule has 2 heteroatoms. The first kappa shape index (κ1) is 18.3. The van der Waals surface area contributed by atoms with Crippen molar-refractivity contribution in [2.75, 3.05) is 0 Å². The van der Waals surface area contributed by atoms with E-state index in [1.807, 2.05) is 0 Å². The fourth-order valence-corrected chi connectivity index (χ4v) is 7.83. The lowest BCUT2D eigenvalue weighted by molar-refractivity contribution is -0.137. The molecule has 7 unspecified atom stereocenters. The van der Waals surface area contributed by atoms with Crippen LogP contribution < -0.4 is 0 Å². The Morgan fingerprint density at radius 2 is 2.04 bits per heavy atom. The zero-order chi connectivity index (χ0) is 18.5. The van der Waals surface area contributed by atoms with Gasteiger partial charge in [-0.15, -0.1) is 0 Å². The summed E-state index contributed by atoms with van der Waals surface area (Å²) in [6, 6.07) is 0. The van der Waals surface area contributed by atoms with Gasteiger partial charge in [-0.1, -0.05) is 39.0 Å². The Morgan fingerprint density at radius 3 is 2.81 bits per heavy atom. The standard InChI is InChI=1S/C24H36O2/c1-16(7-12-22(25)26)19-10-11-20-18-9-8-17-6-4-5-14-23(17,2)21(18)13-15-24(19,20)3/h4,6,8,16,18-21H,5,7,9-15H2,1-3H3,(H,25,26). The summed E-state index contributed by atoms with van der Waals surface area (Å²) in [5.41, 5.74) is 2.47. The van der Waals surface area contributed by atoms with E-state index in [1.165, 1.54) is 44.9 Å². The molecule has 2 fully saturated rings. The van der Waals surface area contributed by atoms with E-state index in [4.69, 9.17) is 5.11 Å². The van der Waals surface area contributed by atoms with E-state index < -0.39 is 5.97 Å². The molecule has 1 N–H and O–H groups in total. The highest BCUT2D eigenvalue weighted by atomic mass is 16.4. The van der Waals surface area contributed by atoms with Gasteiger partial charge in [-0.3, -0.25) is 4.79 Å². The van der Waals surface area contributed by atoms with Crippen molar-refractivity contribution in [3.63, 3.8) is 0 Å². The van der Waals surface area contributed by atoms with Crippen LogP contribution in [0.15, 0.2) is 23.8 Å². The predicted octanol–water partition coefficient (Wildman–Crippen LogP) is 6.23. The van der Waals surface area contributed by atoms with Gasteiger partial charge in [0.2, 0.25) is 0 Å². The maximum Gasteiger partial charge on any atom is 0.303 e. The second-order valence-corrected chi connectivity index (χ2v) is 10.3. The molecule has 0 saturated heterocycles. The van der Waals surface area contributed by atoms with Gasteiger partial charge in [-0.05, 0) is 97.4 Å². The molecular weight excluding hydrogens is 320 g/mol. The number of fused-ring (bicyclic) bond motifs is 5. The molecule has 7 atom stereocenters. The van der Waals surface area contributed by atoms with Crippen LogP contribution in [0.25, 0.3) is 0 Å². The minimum absolute atomic E-state index is 0.334. The van der Waals surface area contributed by atoms with Gasteiger partial charge in [-0.2, -0.15) is 0 Å². The van der Waals surface area contributed by atoms with Crippen molar-refractivity contribution in [3.05, 3.63) is 23.8 Å². The van der Waals surface area contributed by atoms with E-state index in [0.717, 1.165) is 30.1 Å². The minimum atomic E-state index is -0.636. The summed E-state index contributed by atoms with van der Waals surface area (Å²) in [5, 5.41) is 9.08. The topological polar surface area (TPSA) is 37.3 Å². The van der Waals surface area contributed by atoms with Gasteiger partial charge in [0.05, 0.1) is 0 Å². The summed E-state index contributed by atoms with van der Waals surface area (Å²) >= 11 is 0. The van der Waals surface area contributed by atoms with E-state index >= 15 is 0 Å². The Balaban J connectivity index is 1.56. The van der Waals surface area contributed by atoms with E-state index in [0.29, 0.717) is 23.2 Å². The molecular formula is C24H36O2. The average molecular weight is 357 g/mol. The van der Waals surface area contributed by atoms with Crippen LogP contribution in [0.4, 0.5) is 0 Å². The summed E-state index contributed by atoms with van der Waals surface area (Å²) in [7, 11) is 0. The van der Waals surface area contributed by atoms with Gasteiger partial charge < -0.3 is 5.11 Å². The van der Waals surface area contributed by atoms with Crippen molar-refractivity contribution in [1.82, 2.24) is 0 Å². The first-order chi connectivity index (χ1) is 12.4. The Bertz CT molecular complexity index is 632. The fourth-order valence-electron chi connectivity index (χ4n) is 7.83. The predicted molar refractivity (Wildman–Crippen MR) is 106 cm³/mol. The van der Waals surface area contributed by atoms with Gasteiger partial charge >= 0.3 is 5.97 Å². The van der Waals surface area contributed by atoms with Crippen molar-refractivity contribution in [3.8, 4) is 0 Å². The molecule has 4 aliphatic carbocycles. The Hall–Kier alpha value is -1.05. The van der Waals surface area contributed by atoms with Gasteiger partial charge in [0.1, 0.15) is 0 Å². The van der Waals surface area contributed by atoms with Crippen molar-refractivity contribution >= 4 is 5.97 Å². The summed E-state index contributed by atoms with van der Waals surface area (Å²) in [5.74, 6) is 3.18. The number of hydrogen-bond acceptors (Lipinski definition) is 1. The van der Waals surface area contributed by atoms with Crippen molar-refractivity contribution in [2.45, 2.75) is 78.6 Å². The SMILES string of the molecule is CC(CCC(=O)O)C1CCC2C3CC=C4C=CCCC4(C)C3CCC12C. The van der Waals surface area contributed by atoms with Crippen molar-refractivity contribution in [1.29, 1.82) is 0 Å². The highest BCUT2D eigenvalue weighted by Crippen LogP contribution is 2.66. The number of hydrogen-bond donors (Lipinski definition) is 1. The van der Waals surface area contributed by atoms with Crippen LogP contribution in [0.2, 0.25) is 0 Å². The molecule has 0 aromatic rings. The van der Waals surface area contributed by atoms with E-state index in [9.17, 15) is 4.79 Å². The molecule has 4 rings (SSSR count). The first-order valence-corrected chi connectivity index (χ1v) is 11.0. The molecule has 2 saturated carbocycles. The van der Waals surface area contributed by atoms with E-state index in [2.05, 4.69) is 39.0 Å². The highest BCUT2D eigenvalue weighted by molar-refractivity contribution is 5.66. The van der Waals surface area contributed by atoms with Crippen LogP contribution in [0.1, 0.15) is 78.6 Å². The largest absolute Gasteiger partial charge is 0.481 e. The molecule has 0 amide bonds. The van der Waals surface area contributed by atoms with Crippen LogP contribution in [-0.2, 0) is 4.79 Å². The van der Waals surface area contributed by atoms with Crippen LogP contribution >= 0.6 is 0 Å². The second kappa shape index (κ2) is 6.53. The monoisotopic (exact) mass is 356 g/mol. The summed E-state index contributed by atoms with van der Waals surface area (Å²) in [4.78, 5) is 11.0. The lowest BCUT2D eigenvalue weighted by atomic mass is 9.47. The number of allylic oxidation sites excluding steroid dienone is 4. The zero-order valence-electron chi connectivity index (χ0n) is 16.8. The molecule has 26 heavy (non-hydrogen) atoms. The van der Waals surface area contributed by atoms with Crippen LogP contribution in [0.5, 0.6) is 0 Å². The quantitative estimate of drug-likeness (QED) is 0.648. The van der Waals surface area contributed by atoms with Gasteiger partial charge in [0, 0.05) is 6.42 Å². The van der Waals surface area contributed by atoms with Crippen LogP contribution in [-0.4, -0.2) is 11.1 Å². The molecule has 0 aliphatic heterocycles. The molecule has 144 valence electrons. The third kappa shape index (κ3) is 2.70. The Morgan fingerprint density at radius 1 is 1.23 bits per heavy atom. The summed E-state index contributed by atoms with van der Waals surface area (Å²) in [6.45, 7) is 7.42. The van der Waals surface area contributed by atoms with E-state index in [1.54, 1.807) is 5.57 Å². The molecule has 0 radical (unpaired) electrons. The molecule has 2 nitrogen and oxygen atoms in total. The van der Waals surface area contributed by atoms with Crippen LogP contribution in [0.3, 0.4) is 0 Å². The lowest BCUT2D eigenvalue weighted by Gasteiger charge is -2.57. The molecule has 0 heterocycles. The molecule has 4 aliphatic rings. The number of aliphatic carboxylic acids is 1. The minimum Gasteiger partial charge on any atom is -0.481 e. The van der Waals surface area contributed by atoms with Gasteiger partial charge in [-0.25, -0.2) is 0 Å². The Kier molecular flexibility index (Phi) is 4.60.